The highest BCUT2D eigenvalue weighted by atomic mass is 32.2. The van der Waals surface area contributed by atoms with Crippen molar-refractivity contribution in [2.45, 2.75) is 24.7 Å². The van der Waals surface area contributed by atoms with E-state index in [1.807, 2.05) is 31.2 Å². The van der Waals surface area contributed by atoms with Gasteiger partial charge in [-0.15, -0.1) is 0 Å². The number of amides is 1. The standard InChI is InChI=1S/C19H24N2O4S/c1-16-7-5-8-17(15-16)25-14-6-12-20-19(22)11-13-21-26(23,24)18-9-3-2-4-10-18/h2-5,7-10,15,21H,6,11-14H2,1H3,(H,20,22). The Hall–Kier alpha value is -2.38. The molecule has 0 unspecified atom stereocenters. The fourth-order valence-electron chi connectivity index (χ4n) is 2.27. The number of nitrogens with one attached hydrogen (secondary N) is 2. The summed E-state index contributed by atoms with van der Waals surface area (Å²) in [5, 5.41) is 2.75. The second kappa shape index (κ2) is 9.94. The lowest BCUT2D eigenvalue weighted by molar-refractivity contribution is -0.120. The maximum absolute atomic E-state index is 12.0. The molecule has 7 heteroatoms. The number of ether oxygens (including phenoxy) is 1. The second-order valence-electron chi connectivity index (χ2n) is 5.83. The van der Waals surface area contributed by atoms with E-state index in [1.165, 1.54) is 12.1 Å². The van der Waals surface area contributed by atoms with Crippen molar-refractivity contribution >= 4 is 15.9 Å². The molecule has 6 nitrogen and oxygen atoms in total. The van der Waals surface area contributed by atoms with Crippen LogP contribution in [0.15, 0.2) is 59.5 Å². The highest BCUT2D eigenvalue weighted by molar-refractivity contribution is 7.89. The van der Waals surface area contributed by atoms with Crippen LogP contribution in [0.3, 0.4) is 0 Å². The van der Waals surface area contributed by atoms with Crippen molar-refractivity contribution in [1.82, 2.24) is 10.0 Å². The smallest absolute Gasteiger partial charge is 0.240 e. The van der Waals surface area contributed by atoms with Crippen molar-refractivity contribution < 1.29 is 17.9 Å². The van der Waals surface area contributed by atoms with Crippen LogP contribution in [-0.4, -0.2) is 34.0 Å². The molecular weight excluding hydrogens is 352 g/mol. The van der Waals surface area contributed by atoms with Crippen molar-refractivity contribution in [2.24, 2.45) is 0 Å². The SMILES string of the molecule is Cc1cccc(OCCCNC(=O)CCNS(=O)(=O)c2ccccc2)c1. The monoisotopic (exact) mass is 376 g/mol. The molecule has 140 valence electrons. The van der Waals surface area contributed by atoms with E-state index in [-0.39, 0.29) is 23.8 Å². The van der Waals surface area contributed by atoms with Gasteiger partial charge in [0.15, 0.2) is 0 Å². The van der Waals surface area contributed by atoms with Crippen LogP contribution in [0.2, 0.25) is 0 Å². The number of carbonyl (C=O) groups is 1. The van der Waals surface area contributed by atoms with Crippen LogP contribution in [0.25, 0.3) is 0 Å². The zero-order valence-corrected chi connectivity index (χ0v) is 15.6. The molecule has 0 fully saturated rings. The van der Waals surface area contributed by atoms with E-state index in [9.17, 15) is 13.2 Å². The highest BCUT2D eigenvalue weighted by Crippen LogP contribution is 2.12. The summed E-state index contributed by atoms with van der Waals surface area (Å²) in [4.78, 5) is 11.9. The number of benzene rings is 2. The number of carbonyl (C=O) groups excluding carboxylic acids is 1. The minimum atomic E-state index is -3.57. The Labute approximate surface area is 154 Å². The zero-order chi connectivity index (χ0) is 18.8. The molecule has 0 spiro atoms. The van der Waals surface area contributed by atoms with Gasteiger partial charge in [0.1, 0.15) is 5.75 Å². The normalized spacial score (nSPS) is 11.1. The van der Waals surface area contributed by atoms with Crippen molar-refractivity contribution in [2.75, 3.05) is 19.7 Å². The molecule has 0 atom stereocenters. The number of sulfonamides is 1. The average Bonchev–Trinajstić information content (AvgIpc) is 2.62. The predicted molar refractivity (Wildman–Crippen MR) is 101 cm³/mol. The minimum Gasteiger partial charge on any atom is -0.494 e. The molecular formula is C19H24N2O4S. The van der Waals surface area contributed by atoms with Crippen LogP contribution in [0, 0.1) is 6.92 Å². The zero-order valence-electron chi connectivity index (χ0n) is 14.8. The second-order valence-corrected chi connectivity index (χ2v) is 7.60. The molecule has 0 aliphatic rings. The first-order valence-electron chi connectivity index (χ1n) is 8.48. The maximum Gasteiger partial charge on any atom is 0.240 e. The van der Waals surface area contributed by atoms with Gasteiger partial charge in [-0.05, 0) is 43.2 Å². The third kappa shape index (κ3) is 6.85. The molecule has 0 aromatic heterocycles. The number of aryl methyl sites for hydroxylation is 1. The van der Waals surface area contributed by atoms with E-state index in [2.05, 4.69) is 10.0 Å². The van der Waals surface area contributed by atoms with E-state index >= 15 is 0 Å². The van der Waals surface area contributed by atoms with Crippen LogP contribution in [0.5, 0.6) is 5.75 Å². The summed E-state index contributed by atoms with van der Waals surface area (Å²) in [6.45, 7) is 3.04. The van der Waals surface area contributed by atoms with Gasteiger partial charge in [-0.2, -0.15) is 0 Å². The summed E-state index contributed by atoms with van der Waals surface area (Å²) in [6.07, 6.45) is 0.764. The van der Waals surface area contributed by atoms with Crippen LogP contribution >= 0.6 is 0 Å². The van der Waals surface area contributed by atoms with Crippen LogP contribution in [0.4, 0.5) is 0 Å². The molecule has 2 N–H and O–H groups in total. The van der Waals surface area contributed by atoms with E-state index < -0.39 is 10.0 Å². The molecule has 2 aromatic rings. The summed E-state index contributed by atoms with van der Waals surface area (Å²) in [6, 6.07) is 15.9. The Morgan fingerprint density at radius 3 is 2.54 bits per heavy atom. The van der Waals surface area contributed by atoms with Gasteiger partial charge >= 0.3 is 0 Å². The maximum atomic E-state index is 12.0. The molecule has 0 saturated heterocycles. The average molecular weight is 376 g/mol. The minimum absolute atomic E-state index is 0.0584. The first kappa shape index (κ1) is 19.9. The van der Waals surface area contributed by atoms with Crippen molar-refractivity contribution in [3.05, 3.63) is 60.2 Å². The quantitative estimate of drug-likeness (QED) is 0.623. The van der Waals surface area contributed by atoms with Gasteiger partial charge in [0.2, 0.25) is 15.9 Å². The largest absolute Gasteiger partial charge is 0.494 e. The topological polar surface area (TPSA) is 84.5 Å². The molecule has 26 heavy (non-hydrogen) atoms. The molecule has 0 aliphatic carbocycles. The fraction of sp³-hybridized carbons (Fsp3) is 0.316. The molecule has 0 radical (unpaired) electrons. The lowest BCUT2D eigenvalue weighted by Crippen LogP contribution is -2.31. The Morgan fingerprint density at radius 1 is 1.04 bits per heavy atom. The summed E-state index contributed by atoms with van der Waals surface area (Å²) in [5.41, 5.74) is 1.13. The van der Waals surface area contributed by atoms with Gasteiger partial charge in [-0.1, -0.05) is 30.3 Å². The summed E-state index contributed by atoms with van der Waals surface area (Å²) in [7, 11) is -3.57. The summed E-state index contributed by atoms with van der Waals surface area (Å²) in [5.74, 6) is 0.614. The van der Waals surface area contributed by atoms with E-state index in [1.54, 1.807) is 18.2 Å². The van der Waals surface area contributed by atoms with Crippen LogP contribution in [-0.2, 0) is 14.8 Å². The van der Waals surface area contributed by atoms with Gasteiger partial charge in [-0.25, -0.2) is 13.1 Å². The number of hydrogen-bond acceptors (Lipinski definition) is 4. The third-order valence-corrected chi connectivity index (χ3v) is 5.08. The van der Waals surface area contributed by atoms with Crippen LogP contribution < -0.4 is 14.8 Å². The van der Waals surface area contributed by atoms with Gasteiger partial charge < -0.3 is 10.1 Å². The van der Waals surface area contributed by atoms with Crippen molar-refractivity contribution in [1.29, 1.82) is 0 Å². The van der Waals surface area contributed by atoms with Crippen LogP contribution in [0.1, 0.15) is 18.4 Å². The van der Waals surface area contributed by atoms with E-state index in [0.29, 0.717) is 19.6 Å². The first-order chi connectivity index (χ1) is 12.5. The molecule has 2 rings (SSSR count). The number of rotatable bonds is 10. The van der Waals surface area contributed by atoms with E-state index in [4.69, 9.17) is 4.74 Å². The Morgan fingerprint density at radius 2 is 1.81 bits per heavy atom. The highest BCUT2D eigenvalue weighted by Gasteiger charge is 2.13. The van der Waals surface area contributed by atoms with Crippen molar-refractivity contribution in [3.63, 3.8) is 0 Å². The molecule has 0 heterocycles. The summed E-state index contributed by atoms with van der Waals surface area (Å²) >= 11 is 0. The first-order valence-corrected chi connectivity index (χ1v) is 9.96. The lowest BCUT2D eigenvalue weighted by atomic mass is 10.2. The molecule has 0 saturated carbocycles. The molecule has 1 amide bonds. The van der Waals surface area contributed by atoms with Gasteiger partial charge in [0.05, 0.1) is 11.5 Å². The summed E-state index contributed by atoms with van der Waals surface area (Å²) < 4.78 is 32.0. The van der Waals surface area contributed by atoms with Gasteiger partial charge in [-0.3, -0.25) is 4.79 Å². The lowest BCUT2D eigenvalue weighted by Gasteiger charge is -2.09. The predicted octanol–water partition coefficient (Wildman–Crippen LogP) is 2.25. The number of hydrogen-bond donors (Lipinski definition) is 2. The molecule has 0 bridgehead atoms. The fourth-order valence-corrected chi connectivity index (χ4v) is 3.32. The van der Waals surface area contributed by atoms with Gasteiger partial charge in [0, 0.05) is 19.5 Å². The Balaban J connectivity index is 1.59. The molecule has 2 aromatic carbocycles. The molecule has 0 aliphatic heterocycles. The van der Waals surface area contributed by atoms with E-state index in [0.717, 1.165) is 11.3 Å². The third-order valence-electron chi connectivity index (χ3n) is 3.60. The van der Waals surface area contributed by atoms with Crippen molar-refractivity contribution in [3.8, 4) is 5.75 Å². The Bertz CT molecular complexity index is 807. The van der Waals surface area contributed by atoms with Gasteiger partial charge in [0.25, 0.3) is 0 Å². The Kier molecular flexibility index (Phi) is 7.62.